The molecule has 1 unspecified atom stereocenters. The van der Waals surface area contributed by atoms with Gasteiger partial charge < -0.3 is 14.8 Å². The molecule has 0 bridgehead atoms. The Balaban J connectivity index is 0. The number of carbonyl (C=O) groups excluding carboxylic acids is 2. The molecule has 0 aromatic rings. The normalized spacial score (nSPS) is 12.2. The van der Waals surface area contributed by atoms with Crippen molar-refractivity contribution in [2.24, 2.45) is 0 Å². The molecule has 1 N–H and O–H groups in total. The highest BCUT2D eigenvalue weighted by atomic mass is 35.5. The zero-order chi connectivity index (χ0) is 33.8. The van der Waals surface area contributed by atoms with Crippen molar-refractivity contribution in [3.8, 4) is 0 Å². The average molecular weight is 687 g/mol. The summed E-state index contributed by atoms with van der Waals surface area (Å²) in [6.45, 7) is 6.32. The number of aliphatic hydroxyl groups excluding tert-OH is 1. The highest BCUT2D eigenvalue weighted by molar-refractivity contribution is 5.85. The number of halogens is 1. The van der Waals surface area contributed by atoms with Crippen molar-refractivity contribution in [3.63, 3.8) is 0 Å². The summed E-state index contributed by atoms with van der Waals surface area (Å²) in [5.74, 6) is -0.843. The van der Waals surface area contributed by atoms with Crippen LogP contribution in [0.1, 0.15) is 207 Å². The van der Waals surface area contributed by atoms with Gasteiger partial charge in [-0.3, -0.25) is 9.59 Å². The molecule has 7 heteroatoms. The maximum Gasteiger partial charge on any atom is 0.329 e. The standard InChI is InChI=1S/C40H75NO5.ClH/c1-4-7-9-11-13-15-17-19-21-23-25-27-29-31-33-35-39(43)45-41(37-38(42)6-3)46-40(44)36-34-32-30-28-26-24-22-20-18-16-14-12-10-8-5-2;/h19-22,38,42H,4-18,23-37H2,1-3H3;1H/b21-19-,22-20-;. The lowest BCUT2D eigenvalue weighted by Crippen LogP contribution is -2.36. The molecule has 0 aliphatic carbocycles. The molecule has 0 aromatic carbocycles. The summed E-state index contributed by atoms with van der Waals surface area (Å²) in [4.78, 5) is 35.4. The molecule has 0 aliphatic rings. The maximum atomic E-state index is 12.4. The molecule has 0 rings (SSSR count). The van der Waals surface area contributed by atoms with Crippen molar-refractivity contribution in [2.45, 2.75) is 213 Å². The van der Waals surface area contributed by atoms with Crippen molar-refractivity contribution in [1.82, 2.24) is 5.23 Å². The smallest absolute Gasteiger partial charge is 0.329 e. The predicted octanol–water partition coefficient (Wildman–Crippen LogP) is 12.5. The van der Waals surface area contributed by atoms with Crippen molar-refractivity contribution in [1.29, 1.82) is 0 Å². The summed E-state index contributed by atoms with van der Waals surface area (Å²) in [5.41, 5.74) is 0. The molecule has 6 nitrogen and oxygen atoms in total. The molecular weight excluding hydrogens is 610 g/mol. The first-order valence-corrected chi connectivity index (χ1v) is 19.7. The summed E-state index contributed by atoms with van der Waals surface area (Å²) >= 11 is 0. The Labute approximate surface area is 297 Å². The third kappa shape index (κ3) is 37.3. The van der Waals surface area contributed by atoms with Gasteiger partial charge in [-0.1, -0.05) is 148 Å². The SMILES string of the molecule is CCCCCCCC/C=C\CCCCCCCC(=O)ON(CC(O)CC)OC(=O)CCCCCCC/C=C\CCCCCCCC.Cl. The van der Waals surface area contributed by atoms with Gasteiger partial charge in [0.2, 0.25) is 0 Å². The van der Waals surface area contributed by atoms with E-state index in [1.807, 2.05) is 6.92 Å². The number of aliphatic hydroxyl groups is 1. The molecule has 1 atom stereocenters. The van der Waals surface area contributed by atoms with Gasteiger partial charge in [-0.05, 0) is 70.6 Å². The summed E-state index contributed by atoms with van der Waals surface area (Å²) in [6.07, 6.45) is 40.8. The predicted molar refractivity (Wildman–Crippen MR) is 201 cm³/mol. The van der Waals surface area contributed by atoms with Crippen LogP contribution in [0.2, 0.25) is 0 Å². The number of hydrogen-bond donors (Lipinski definition) is 1. The van der Waals surface area contributed by atoms with E-state index in [0.29, 0.717) is 6.42 Å². The van der Waals surface area contributed by atoms with Crippen LogP contribution < -0.4 is 0 Å². The van der Waals surface area contributed by atoms with Crippen molar-refractivity contribution in [2.75, 3.05) is 6.54 Å². The molecule has 0 aliphatic heterocycles. The monoisotopic (exact) mass is 686 g/mol. The topological polar surface area (TPSA) is 76.1 Å². The number of rotatable bonds is 35. The Kier molecular flexibility index (Phi) is 39.7. The van der Waals surface area contributed by atoms with E-state index in [2.05, 4.69) is 38.2 Å². The number of carbonyl (C=O) groups is 2. The lowest BCUT2D eigenvalue weighted by Gasteiger charge is -2.21. The lowest BCUT2D eigenvalue weighted by atomic mass is 10.1. The fraction of sp³-hybridized carbons (Fsp3) is 0.850. The Morgan fingerprint density at radius 3 is 1.13 bits per heavy atom. The Hall–Kier alpha value is -1.37. The zero-order valence-electron chi connectivity index (χ0n) is 31.0. The van der Waals surface area contributed by atoms with Crippen LogP contribution in [0.4, 0.5) is 0 Å². The number of allylic oxidation sites excluding steroid dienone is 4. The van der Waals surface area contributed by atoms with E-state index in [-0.39, 0.29) is 31.8 Å². The first-order valence-electron chi connectivity index (χ1n) is 19.7. The van der Waals surface area contributed by atoms with Gasteiger partial charge in [0.25, 0.3) is 0 Å². The quantitative estimate of drug-likeness (QED) is 0.0406. The Bertz CT molecular complexity index is 675. The van der Waals surface area contributed by atoms with Gasteiger partial charge in [-0.2, -0.15) is 0 Å². The third-order valence-corrected chi connectivity index (χ3v) is 8.52. The molecule has 0 fully saturated rings. The van der Waals surface area contributed by atoms with Crippen LogP contribution in [-0.4, -0.2) is 34.9 Å². The molecule has 0 saturated carbocycles. The van der Waals surface area contributed by atoms with Gasteiger partial charge in [-0.15, -0.1) is 12.4 Å². The van der Waals surface area contributed by atoms with E-state index in [1.165, 1.54) is 116 Å². The Morgan fingerprint density at radius 1 is 0.511 bits per heavy atom. The van der Waals surface area contributed by atoms with Crippen LogP contribution in [0.15, 0.2) is 24.3 Å². The number of unbranched alkanes of at least 4 members (excludes halogenated alkanes) is 22. The summed E-state index contributed by atoms with van der Waals surface area (Å²) in [7, 11) is 0. The van der Waals surface area contributed by atoms with Gasteiger partial charge in [0, 0.05) is 18.1 Å². The van der Waals surface area contributed by atoms with E-state index < -0.39 is 18.0 Å². The molecule has 278 valence electrons. The van der Waals surface area contributed by atoms with E-state index >= 15 is 0 Å². The fourth-order valence-corrected chi connectivity index (χ4v) is 5.39. The van der Waals surface area contributed by atoms with Crippen molar-refractivity contribution >= 4 is 24.3 Å². The van der Waals surface area contributed by atoms with Crippen molar-refractivity contribution in [3.05, 3.63) is 24.3 Å². The summed E-state index contributed by atoms with van der Waals surface area (Å²) in [6, 6.07) is 0. The second-order valence-electron chi connectivity index (χ2n) is 13.2. The lowest BCUT2D eigenvalue weighted by molar-refractivity contribution is -0.331. The molecule has 0 amide bonds. The molecule has 0 radical (unpaired) electrons. The summed E-state index contributed by atoms with van der Waals surface area (Å²) in [5, 5.41) is 11.0. The molecule has 0 saturated heterocycles. The van der Waals surface area contributed by atoms with Crippen LogP contribution in [0, 0.1) is 0 Å². The van der Waals surface area contributed by atoms with E-state index in [0.717, 1.165) is 56.6 Å². The molecule has 0 heterocycles. The minimum absolute atomic E-state index is 0. The van der Waals surface area contributed by atoms with E-state index in [1.54, 1.807) is 0 Å². The van der Waals surface area contributed by atoms with Gasteiger partial charge >= 0.3 is 11.9 Å². The van der Waals surface area contributed by atoms with E-state index in [4.69, 9.17) is 9.68 Å². The van der Waals surface area contributed by atoms with Crippen LogP contribution in [-0.2, 0) is 19.3 Å². The Morgan fingerprint density at radius 2 is 0.809 bits per heavy atom. The second-order valence-corrected chi connectivity index (χ2v) is 13.2. The van der Waals surface area contributed by atoms with E-state index in [9.17, 15) is 14.7 Å². The van der Waals surface area contributed by atoms with Crippen LogP contribution >= 0.6 is 12.4 Å². The number of hydroxylamine groups is 2. The fourth-order valence-electron chi connectivity index (χ4n) is 5.39. The minimum atomic E-state index is -0.736. The second kappa shape index (κ2) is 39.1. The number of hydrogen-bond acceptors (Lipinski definition) is 6. The molecule has 47 heavy (non-hydrogen) atoms. The van der Waals surface area contributed by atoms with Gasteiger partial charge in [0.05, 0.1) is 6.10 Å². The van der Waals surface area contributed by atoms with Crippen LogP contribution in [0.25, 0.3) is 0 Å². The number of nitrogens with zero attached hydrogens (tertiary/aromatic N) is 1. The average Bonchev–Trinajstić information content (AvgIpc) is 3.04. The minimum Gasteiger partial charge on any atom is -0.392 e. The molecular formula is C40H76ClNO5. The summed E-state index contributed by atoms with van der Waals surface area (Å²) < 4.78 is 0. The third-order valence-electron chi connectivity index (χ3n) is 8.52. The van der Waals surface area contributed by atoms with Gasteiger partial charge in [0.1, 0.15) is 6.54 Å². The van der Waals surface area contributed by atoms with Gasteiger partial charge in [0.15, 0.2) is 0 Å². The zero-order valence-corrected chi connectivity index (χ0v) is 31.9. The van der Waals surface area contributed by atoms with Crippen LogP contribution in [0.5, 0.6) is 0 Å². The molecule has 0 aromatic heterocycles. The first-order chi connectivity index (χ1) is 22.5. The first kappa shape index (κ1) is 47.7. The highest BCUT2D eigenvalue weighted by Gasteiger charge is 2.20. The highest BCUT2D eigenvalue weighted by Crippen LogP contribution is 2.13. The van der Waals surface area contributed by atoms with Crippen LogP contribution in [0.3, 0.4) is 0 Å². The van der Waals surface area contributed by atoms with Crippen molar-refractivity contribution < 1.29 is 24.4 Å². The largest absolute Gasteiger partial charge is 0.392 e. The van der Waals surface area contributed by atoms with Gasteiger partial charge in [-0.25, -0.2) is 0 Å². The molecule has 0 spiro atoms. The maximum absolute atomic E-state index is 12.4.